The Balaban J connectivity index is 2.40. The minimum absolute atomic E-state index is 0.491. The molecule has 0 saturated carbocycles. The van der Waals surface area contributed by atoms with Crippen LogP contribution in [0.2, 0.25) is 0 Å². The van der Waals surface area contributed by atoms with Crippen LogP contribution in [0.3, 0.4) is 0 Å². The third-order valence-corrected chi connectivity index (χ3v) is 3.89. The molecule has 92 valence electrons. The lowest BCUT2D eigenvalue weighted by molar-refractivity contribution is 0.415. The fourth-order valence-corrected chi connectivity index (χ4v) is 2.83. The molecule has 1 aromatic heterocycles. The molecule has 1 unspecified atom stereocenters. The molecule has 0 aliphatic rings. The predicted octanol–water partition coefficient (Wildman–Crippen LogP) is 3.99. The molecule has 0 spiro atoms. The second kappa shape index (κ2) is 7.69. The first-order valence-electron chi connectivity index (χ1n) is 6.11. The summed E-state index contributed by atoms with van der Waals surface area (Å²) in [5, 5.41) is 5.46. The summed E-state index contributed by atoms with van der Waals surface area (Å²) >= 11 is 1.78. The van der Waals surface area contributed by atoms with E-state index < -0.39 is 0 Å². The molecule has 0 amide bonds. The SMILES string of the molecule is CCCCCCC(NC)c1cc(OC)cs1. The number of ether oxygens (including phenoxy) is 1. The number of thiophene rings is 1. The van der Waals surface area contributed by atoms with Crippen molar-refractivity contribution in [2.24, 2.45) is 0 Å². The van der Waals surface area contributed by atoms with Gasteiger partial charge in [0.15, 0.2) is 0 Å². The van der Waals surface area contributed by atoms with E-state index in [0.717, 1.165) is 5.75 Å². The second-order valence-electron chi connectivity index (χ2n) is 4.08. The van der Waals surface area contributed by atoms with Gasteiger partial charge in [0.25, 0.3) is 0 Å². The molecule has 1 N–H and O–H groups in total. The van der Waals surface area contributed by atoms with Gasteiger partial charge in [0, 0.05) is 16.3 Å². The van der Waals surface area contributed by atoms with Crippen LogP contribution in [0.25, 0.3) is 0 Å². The normalized spacial score (nSPS) is 12.7. The summed E-state index contributed by atoms with van der Waals surface area (Å²) in [6.45, 7) is 2.25. The number of unbranched alkanes of at least 4 members (excludes halogenated alkanes) is 3. The van der Waals surface area contributed by atoms with Gasteiger partial charge in [0.05, 0.1) is 7.11 Å². The second-order valence-corrected chi connectivity index (χ2v) is 5.02. The molecule has 0 fully saturated rings. The largest absolute Gasteiger partial charge is 0.496 e. The van der Waals surface area contributed by atoms with Crippen molar-refractivity contribution in [1.29, 1.82) is 0 Å². The number of hydrogen-bond acceptors (Lipinski definition) is 3. The zero-order valence-electron chi connectivity index (χ0n) is 10.6. The number of methoxy groups -OCH3 is 1. The highest BCUT2D eigenvalue weighted by molar-refractivity contribution is 7.10. The minimum Gasteiger partial charge on any atom is -0.496 e. The van der Waals surface area contributed by atoms with Crippen molar-refractivity contribution in [3.63, 3.8) is 0 Å². The lowest BCUT2D eigenvalue weighted by atomic mass is 10.1. The zero-order valence-corrected chi connectivity index (χ0v) is 11.4. The van der Waals surface area contributed by atoms with Gasteiger partial charge in [-0.3, -0.25) is 0 Å². The maximum absolute atomic E-state index is 5.22. The third kappa shape index (κ3) is 4.14. The molecule has 1 rings (SSSR count). The van der Waals surface area contributed by atoms with E-state index in [1.807, 2.05) is 7.05 Å². The van der Waals surface area contributed by atoms with Crippen molar-refractivity contribution >= 4 is 11.3 Å². The van der Waals surface area contributed by atoms with Gasteiger partial charge in [-0.15, -0.1) is 11.3 Å². The Hall–Kier alpha value is -0.540. The van der Waals surface area contributed by atoms with Crippen LogP contribution in [0, 0.1) is 0 Å². The van der Waals surface area contributed by atoms with Crippen molar-refractivity contribution in [3.8, 4) is 5.75 Å². The average Bonchev–Trinajstić information content (AvgIpc) is 2.78. The van der Waals surface area contributed by atoms with Crippen molar-refractivity contribution in [1.82, 2.24) is 5.32 Å². The van der Waals surface area contributed by atoms with E-state index in [0.29, 0.717) is 6.04 Å². The monoisotopic (exact) mass is 241 g/mol. The smallest absolute Gasteiger partial charge is 0.129 e. The lowest BCUT2D eigenvalue weighted by Crippen LogP contribution is -2.14. The van der Waals surface area contributed by atoms with Gasteiger partial charge in [-0.1, -0.05) is 32.6 Å². The molecule has 3 heteroatoms. The number of nitrogens with one attached hydrogen (secondary N) is 1. The van der Waals surface area contributed by atoms with Crippen LogP contribution in [0.15, 0.2) is 11.4 Å². The Morgan fingerprint density at radius 2 is 2.19 bits per heavy atom. The van der Waals surface area contributed by atoms with Crippen molar-refractivity contribution < 1.29 is 4.74 Å². The molecule has 0 radical (unpaired) electrons. The molecule has 0 aliphatic carbocycles. The average molecular weight is 241 g/mol. The van der Waals surface area contributed by atoms with Crippen LogP contribution >= 0.6 is 11.3 Å². The molecule has 1 aromatic rings. The summed E-state index contributed by atoms with van der Waals surface area (Å²) in [7, 11) is 3.76. The fraction of sp³-hybridized carbons (Fsp3) is 0.692. The summed E-state index contributed by atoms with van der Waals surface area (Å²) < 4.78 is 5.22. The topological polar surface area (TPSA) is 21.3 Å². The number of hydrogen-bond donors (Lipinski definition) is 1. The van der Waals surface area contributed by atoms with Gasteiger partial charge in [-0.05, 0) is 19.5 Å². The minimum atomic E-state index is 0.491. The molecule has 1 heterocycles. The van der Waals surface area contributed by atoms with E-state index in [9.17, 15) is 0 Å². The Bertz CT molecular complexity index is 285. The van der Waals surface area contributed by atoms with Gasteiger partial charge in [-0.2, -0.15) is 0 Å². The van der Waals surface area contributed by atoms with Crippen LogP contribution in [-0.4, -0.2) is 14.2 Å². The standard InChI is InChI=1S/C13H23NOS/c1-4-5-6-7-8-12(14-2)13-9-11(15-3)10-16-13/h9-10,12,14H,4-8H2,1-3H3. The first kappa shape index (κ1) is 13.5. The van der Waals surface area contributed by atoms with Crippen molar-refractivity contribution in [3.05, 3.63) is 16.3 Å². The zero-order chi connectivity index (χ0) is 11.8. The Morgan fingerprint density at radius 1 is 1.38 bits per heavy atom. The molecule has 0 aliphatic heterocycles. The molecule has 0 aromatic carbocycles. The molecular weight excluding hydrogens is 218 g/mol. The van der Waals surface area contributed by atoms with E-state index in [1.54, 1.807) is 18.4 Å². The molecular formula is C13H23NOS. The summed E-state index contributed by atoms with van der Waals surface area (Å²) in [6, 6.07) is 2.64. The highest BCUT2D eigenvalue weighted by Crippen LogP contribution is 2.29. The molecule has 1 atom stereocenters. The Morgan fingerprint density at radius 3 is 2.75 bits per heavy atom. The first-order chi connectivity index (χ1) is 7.81. The maximum Gasteiger partial charge on any atom is 0.129 e. The van der Waals surface area contributed by atoms with Crippen LogP contribution in [-0.2, 0) is 0 Å². The molecule has 0 bridgehead atoms. The first-order valence-corrected chi connectivity index (χ1v) is 6.99. The van der Waals surface area contributed by atoms with Gasteiger partial charge in [0.1, 0.15) is 5.75 Å². The molecule has 2 nitrogen and oxygen atoms in total. The van der Waals surface area contributed by atoms with E-state index in [1.165, 1.54) is 37.0 Å². The van der Waals surface area contributed by atoms with Crippen molar-refractivity contribution in [2.45, 2.75) is 45.1 Å². The van der Waals surface area contributed by atoms with E-state index in [2.05, 4.69) is 23.7 Å². The molecule has 0 saturated heterocycles. The summed E-state index contributed by atoms with van der Waals surface area (Å²) in [6.07, 6.45) is 6.53. The lowest BCUT2D eigenvalue weighted by Gasteiger charge is -2.13. The highest BCUT2D eigenvalue weighted by atomic mass is 32.1. The summed E-state index contributed by atoms with van der Waals surface area (Å²) in [4.78, 5) is 1.39. The predicted molar refractivity (Wildman–Crippen MR) is 71.4 cm³/mol. The van der Waals surface area contributed by atoms with Gasteiger partial charge >= 0.3 is 0 Å². The fourth-order valence-electron chi connectivity index (χ4n) is 1.83. The van der Waals surface area contributed by atoms with Gasteiger partial charge in [0.2, 0.25) is 0 Å². The Kier molecular flexibility index (Phi) is 6.50. The van der Waals surface area contributed by atoms with Crippen LogP contribution in [0.5, 0.6) is 5.75 Å². The maximum atomic E-state index is 5.22. The highest BCUT2D eigenvalue weighted by Gasteiger charge is 2.11. The number of rotatable bonds is 8. The quantitative estimate of drug-likeness (QED) is 0.695. The third-order valence-electron chi connectivity index (χ3n) is 2.87. The van der Waals surface area contributed by atoms with Gasteiger partial charge in [-0.25, -0.2) is 0 Å². The van der Waals surface area contributed by atoms with E-state index in [-0.39, 0.29) is 0 Å². The summed E-state index contributed by atoms with van der Waals surface area (Å²) in [5.41, 5.74) is 0. The van der Waals surface area contributed by atoms with E-state index in [4.69, 9.17) is 4.74 Å². The Labute approximate surface area is 103 Å². The van der Waals surface area contributed by atoms with Gasteiger partial charge < -0.3 is 10.1 Å². The van der Waals surface area contributed by atoms with Crippen LogP contribution in [0.1, 0.15) is 49.9 Å². The van der Waals surface area contributed by atoms with Crippen LogP contribution in [0.4, 0.5) is 0 Å². The summed E-state index contributed by atoms with van der Waals surface area (Å²) in [5.74, 6) is 0.980. The van der Waals surface area contributed by atoms with Crippen molar-refractivity contribution in [2.75, 3.05) is 14.2 Å². The molecule has 16 heavy (non-hydrogen) atoms. The van der Waals surface area contributed by atoms with Crippen LogP contribution < -0.4 is 10.1 Å². The van der Waals surface area contributed by atoms with E-state index >= 15 is 0 Å².